The monoisotopic (exact) mass is 482 g/mol. The van der Waals surface area contributed by atoms with Crippen molar-refractivity contribution in [2.24, 2.45) is 0 Å². The Bertz CT molecular complexity index is 1170. The lowest BCUT2D eigenvalue weighted by molar-refractivity contribution is -0.122. The van der Waals surface area contributed by atoms with Gasteiger partial charge in [-0.05, 0) is 73.7 Å². The second-order valence-electron chi connectivity index (χ2n) is 6.49. The van der Waals surface area contributed by atoms with Crippen LogP contribution in [0.25, 0.3) is 0 Å². The number of halogens is 3. The highest BCUT2D eigenvalue weighted by Crippen LogP contribution is 2.25. The average Bonchev–Trinajstić information content (AvgIpc) is 2.69. The Balaban J connectivity index is 1.64. The van der Waals surface area contributed by atoms with Gasteiger partial charge in [-0.2, -0.15) is 0 Å². The number of hydrogen-bond acceptors (Lipinski definition) is 4. The number of ether oxygens (including phenoxy) is 1. The molecule has 2 N–H and O–H groups in total. The fourth-order valence-corrected chi connectivity index (χ4v) is 4.13. The summed E-state index contributed by atoms with van der Waals surface area (Å²) >= 11 is 11.8. The molecule has 1 atom stereocenters. The maximum Gasteiger partial charge on any atom is 0.265 e. The molecule has 0 aliphatic rings. The van der Waals surface area contributed by atoms with Gasteiger partial charge in [0.05, 0.1) is 10.6 Å². The molecule has 0 heterocycles. The van der Waals surface area contributed by atoms with Crippen LogP contribution in [0.5, 0.6) is 5.75 Å². The Labute approximate surface area is 189 Å². The molecule has 0 unspecified atom stereocenters. The molecule has 0 aromatic heterocycles. The zero-order valence-corrected chi connectivity index (χ0v) is 18.4. The van der Waals surface area contributed by atoms with Crippen LogP contribution < -0.4 is 14.8 Å². The fraction of sp³-hybridized carbons (Fsp3) is 0.0952. The van der Waals surface area contributed by atoms with Gasteiger partial charge >= 0.3 is 0 Å². The minimum Gasteiger partial charge on any atom is -0.481 e. The lowest BCUT2D eigenvalue weighted by Gasteiger charge is -2.15. The molecule has 0 spiro atoms. The highest BCUT2D eigenvalue weighted by molar-refractivity contribution is 7.92. The van der Waals surface area contributed by atoms with E-state index in [1.54, 1.807) is 0 Å². The van der Waals surface area contributed by atoms with E-state index in [1.807, 2.05) is 0 Å². The number of rotatable bonds is 7. The summed E-state index contributed by atoms with van der Waals surface area (Å²) in [6.45, 7) is 1.54. The number of nitrogens with one attached hydrogen (secondary N) is 2. The first-order valence-electron chi connectivity index (χ1n) is 8.94. The summed E-state index contributed by atoms with van der Waals surface area (Å²) in [5.41, 5.74) is 0.603. The number of anilines is 2. The lowest BCUT2D eigenvalue weighted by atomic mass is 10.3. The van der Waals surface area contributed by atoms with E-state index in [0.717, 1.165) is 0 Å². The van der Waals surface area contributed by atoms with Crippen LogP contribution in [0.15, 0.2) is 71.6 Å². The van der Waals surface area contributed by atoms with Gasteiger partial charge in [0.1, 0.15) is 11.6 Å². The van der Waals surface area contributed by atoms with Crippen LogP contribution in [-0.4, -0.2) is 20.4 Å². The molecular formula is C21H17Cl2FN2O4S. The first-order chi connectivity index (χ1) is 14.6. The van der Waals surface area contributed by atoms with Crippen molar-refractivity contribution in [3.05, 3.63) is 82.6 Å². The summed E-state index contributed by atoms with van der Waals surface area (Å²) in [6, 6.07) is 15.2. The molecule has 3 aromatic rings. The summed E-state index contributed by atoms with van der Waals surface area (Å²) in [5.74, 6) is -0.517. The molecule has 6 nitrogen and oxygen atoms in total. The molecule has 1 amide bonds. The predicted molar refractivity (Wildman–Crippen MR) is 119 cm³/mol. The van der Waals surface area contributed by atoms with Gasteiger partial charge in [0, 0.05) is 15.7 Å². The van der Waals surface area contributed by atoms with Crippen LogP contribution in [0, 0.1) is 5.82 Å². The van der Waals surface area contributed by atoms with Gasteiger partial charge in [0.25, 0.3) is 15.9 Å². The van der Waals surface area contributed by atoms with Gasteiger partial charge in [-0.25, -0.2) is 12.8 Å². The molecule has 0 aliphatic heterocycles. The van der Waals surface area contributed by atoms with Gasteiger partial charge in [0.2, 0.25) is 0 Å². The summed E-state index contributed by atoms with van der Waals surface area (Å²) in [5, 5.41) is 3.21. The summed E-state index contributed by atoms with van der Waals surface area (Å²) in [7, 11) is -3.89. The maximum atomic E-state index is 13.0. The zero-order chi connectivity index (χ0) is 22.6. The summed E-state index contributed by atoms with van der Waals surface area (Å²) in [4.78, 5) is 12.3. The minimum absolute atomic E-state index is 0.0165. The van der Waals surface area contributed by atoms with E-state index in [9.17, 15) is 17.6 Å². The van der Waals surface area contributed by atoms with E-state index in [-0.39, 0.29) is 10.6 Å². The molecule has 0 saturated heterocycles. The molecule has 0 radical (unpaired) electrons. The molecule has 162 valence electrons. The van der Waals surface area contributed by atoms with Crippen LogP contribution >= 0.6 is 23.2 Å². The molecule has 3 aromatic carbocycles. The van der Waals surface area contributed by atoms with Gasteiger partial charge in [-0.3, -0.25) is 9.52 Å². The van der Waals surface area contributed by atoms with Crippen molar-refractivity contribution in [3.63, 3.8) is 0 Å². The van der Waals surface area contributed by atoms with Crippen molar-refractivity contribution in [1.82, 2.24) is 0 Å². The normalized spacial score (nSPS) is 12.1. The lowest BCUT2D eigenvalue weighted by Crippen LogP contribution is -2.30. The number of carbonyl (C=O) groups excluding carboxylic acids is 1. The van der Waals surface area contributed by atoms with Crippen molar-refractivity contribution in [1.29, 1.82) is 0 Å². The number of carbonyl (C=O) groups is 1. The second kappa shape index (κ2) is 9.55. The number of amides is 1. The third-order valence-corrected chi connectivity index (χ3v) is 5.88. The van der Waals surface area contributed by atoms with Crippen LogP contribution in [0.3, 0.4) is 0 Å². The van der Waals surface area contributed by atoms with Crippen molar-refractivity contribution in [2.75, 3.05) is 10.0 Å². The van der Waals surface area contributed by atoms with E-state index in [4.69, 9.17) is 27.9 Å². The molecule has 0 bridgehead atoms. The van der Waals surface area contributed by atoms with E-state index in [2.05, 4.69) is 10.0 Å². The average molecular weight is 483 g/mol. The Hall–Kier alpha value is -2.81. The fourth-order valence-electron chi connectivity index (χ4n) is 2.56. The van der Waals surface area contributed by atoms with E-state index in [1.165, 1.54) is 73.7 Å². The van der Waals surface area contributed by atoms with Crippen molar-refractivity contribution in [3.8, 4) is 5.75 Å². The zero-order valence-electron chi connectivity index (χ0n) is 16.1. The Morgan fingerprint density at radius 2 is 1.52 bits per heavy atom. The molecule has 0 saturated carbocycles. The molecule has 10 heteroatoms. The Morgan fingerprint density at radius 1 is 0.935 bits per heavy atom. The van der Waals surface area contributed by atoms with Crippen molar-refractivity contribution in [2.45, 2.75) is 17.9 Å². The van der Waals surface area contributed by atoms with Crippen LogP contribution in [-0.2, 0) is 14.8 Å². The van der Waals surface area contributed by atoms with Crippen LogP contribution in [0.2, 0.25) is 10.0 Å². The topological polar surface area (TPSA) is 84.5 Å². The van der Waals surface area contributed by atoms with Crippen molar-refractivity contribution < 1.29 is 22.3 Å². The first kappa shape index (κ1) is 22.9. The largest absolute Gasteiger partial charge is 0.481 e. The smallest absolute Gasteiger partial charge is 0.265 e. The maximum absolute atomic E-state index is 13.0. The third-order valence-electron chi connectivity index (χ3n) is 4.04. The highest BCUT2D eigenvalue weighted by atomic mass is 35.5. The van der Waals surface area contributed by atoms with E-state index in [0.29, 0.717) is 21.5 Å². The Kier molecular flexibility index (Phi) is 7.04. The van der Waals surface area contributed by atoms with Gasteiger partial charge in [-0.1, -0.05) is 23.2 Å². The van der Waals surface area contributed by atoms with E-state index < -0.39 is 27.9 Å². The molecular weight excluding hydrogens is 466 g/mol. The van der Waals surface area contributed by atoms with E-state index >= 15 is 0 Å². The summed E-state index contributed by atoms with van der Waals surface area (Å²) < 4.78 is 45.9. The minimum atomic E-state index is -3.89. The predicted octanol–water partition coefficient (Wildman–Crippen LogP) is 5.34. The van der Waals surface area contributed by atoms with Crippen molar-refractivity contribution >= 4 is 50.5 Å². The Morgan fingerprint density at radius 3 is 2.10 bits per heavy atom. The van der Waals surface area contributed by atoms with Gasteiger partial charge in [0.15, 0.2) is 6.10 Å². The standard InChI is InChI=1S/C21H17Cl2FN2O4S/c1-13(30-19-6-2-16(24)3-7-19)21(27)25-17-4-8-20(9-5-17)31(28,29)26-18-11-14(22)10-15(23)12-18/h2-13,26H,1H3,(H,25,27)/t13-/m1/s1. The first-order valence-corrected chi connectivity index (χ1v) is 11.2. The molecule has 31 heavy (non-hydrogen) atoms. The quantitative estimate of drug-likeness (QED) is 0.475. The highest BCUT2D eigenvalue weighted by Gasteiger charge is 2.17. The van der Waals surface area contributed by atoms with Gasteiger partial charge in [-0.15, -0.1) is 0 Å². The van der Waals surface area contributed by atoms with Gasteiger partial charge < -0.3 is 10.1 Å². The number of hydrogen-bond donors (Lipinski definition) is 2. The summed E-state index contributed by atoms with van der Waals surface area (Å²) in [6.07, 6.45) is -0.858. The molecule has 0 aliphatic carbocycles. The third kappa shape index (κ3) is 6.33. The number of benzene rings is 3. The molecule has 3 rings (SSSR count). The van der Waals surface area contributed by atoms with Crippen LogP contribution in [0.4, 0.5) is 15.8 Å². The second-order valence-corrected chi connectivity index (χ2v) is 9.05. The number of sulfonamides is 1. The van der Waals surface area contributed by atoms with Crippen LogP contribution in [0.1, 0.15) is 6.92 Å². The molecule has 0 fully saturated rings. The SMILES string of the molecule is C[C@@H](Oc1ccc(F)cc1)C(=O)Nc1ccc(S(=O)(=O)Nc2cc(Cl)cc(Cl)c2)cc1.